The van der Waals surface area contributed by atoms with Crippen molar-refractivity contribution in [2.75, 3.05) is 24.7 Å². The van der Waals surface area contributed by atoms with Crippen molar-refractivity contribution < 1.29 is 24.2 Å². The van der Waals surface area contributed by atoms with Crippen LogP contribution in [0.2, 0.25) is 0 Å². The highest BCUT2D eigenvalue weighted by Gasteiger charge is 2.38. The van der Waals surface area contributed by atoms with Crippen molar-refractivity contribution in [3.63, 3.8) is 0 Å². The Kier molecular flexibility index (Phi) is 4.53. The van der Waals surface area contributed by atoms with Crippen molar-refractivity contribution in [1.29, 1.82) is 0 Å². The summed E-state index contributed by atoms with van der Waals surface area (Å²) in [7, 11) is 0. The molecule has 0 aliphatic carbocycles. The van der Waals surface area contributed by atoms with Gasteiger partial charge in [-0.05, 0) is 37.1 Å². The van der Waals surface area contributed by atoms with Crippen LogP contribution in [0.15, 0.2) is 24.3 Å². The second kappa shape index (κ2) is 6.60. The molecule has 128 valence electrons. The molecule has 1 aromatic rings. The van der Waals surface area contributed by atoms with E-state index in [1.165, 1.54) is 0 Å². The van der Waals surface area contributed by atoms with Crippen LogP contribution in [0, 0.1) is 0 Å². The minimum absolute atomic E-state index is 0.0933. The molecule has 1 aromatic carbocycles. The molecule has 2 fully saturated rings. The van der Waals surface area contributed by atoms with Crippen molar-refractivity contribution in [2.24, 2.45) is 0 Å². The number of ether oxygens (including phenoxy) is 1. The van der Waals surface area contributed by atoms with Gasteiger partial charge in [-0.1, -0.05) is 0 Å². The molecule has 0 spiro atoms. The van der Waals surface area contributed by atoms with E-state index in [1.807, 2.05) is 0 Å². The highest BCUT2D eigenvalue weighted by molar-refractivity contribution is 5.98. The van der Waals surface area contributed by atoms with Gasteiger partial charge in [0.2, 0.25) is 5.91 Å². The zero-order chi connectivity index (χ0) is 17.2. The lowest BCUT2D eigenvalue weighted by Gasteiger charge is -2.27. The van der Waals surface area contributed by atoms with Crippen LogP contribution in [-0.4, -0.2) is 48.2 Å². The van der Waals surface area contributed by atoms with Gasteiger partial charge in [0.1, 0.15) is 0 Å². The van der Waals surface area contributed by atoms with Gasteiger partial charge >= 0.3 is 5.97 Å². The summed E-state index contributed by atoms with van der Waals surface area (Å²) in [5.74, 6) is -1.21. The van der Waals surface area contributed by atoms with Crippen LogP contribution in [-0.2, 0) is 14.3 Å². The molecule has 2 saturated heterocycles. The fourth-order valence-corrected chi connectivity index (χ4v) is 3.21. The molecule has 3 rings (SSSR count). The van der Waals surface area contributed by atoms with Gasteiger partial charge in [0.15, 0.2) is 0 Å². The normalized spacial score (nSPS) is 23.5. The number of hydrogen-bond acceptors (Lipinski definition) is 4. The highest BCUT2D eigenvalue weighted by atomic mass is 16.5. The lowest BCUT2D eigenvalue weighted by molar-refractivity contribution is -0.138. The maximum absolute atomic E-state index is 12.4. The zero-order valence-corrected chi connectivity index (χ0v) is 13.3. The van der Waals surface area contributed by atoms with Crippen molar-refractivity contribution >= 4 is 23.5 Å². The minimum atomic E-state index is -0.969. The molecule has 2 heterocycles. The van der Waals surface area contributed by atoms with Gasteiger partial charge in [-0.15, -0.1) is 0 Å². The quantitative estimate of drug-likeness (QED) is 0.844. The summed E-state index contributed by atoms with van der Waals surface area (Å²) in [5, 5.41) is 11.9. The average Bonchev–Trinajstić information content (AvgIpc) is 3.16. The van der Waals surface area contributed by atoms with E-state index < -0.39 is 11.5 Å². The highest BCUT2D eigenvalue weighted by Crippen LogP contribution is 2.25. The van der Waals surface area contributed by atoms with Crippen LogP contribution in [0.4, 0.5) is 5.69 Å². The Bertz CT molecular complexity index is 649. The third-order valence-corrected chi connectivity index (χ3v) is 4.49. The molecule has 0 saturated carbocycles. The molecule has 0 aromatic heterocycles. The zero-order valence-electron chi connectivity index (χ0n) is 13.3. The van der Waals surface area contributed by atoms with Crippen molar-refractivity contribution in [3.05, 3.63) is 29.8 Å². The van der Waals surface area contributed by atoms with Crippen LogP contribution in [0.1, 0.15) is 36.0 Å². The Morgan fingerprint density at radius 3 is 2.58 bits per heavy atom. The standard InChI is InChI=1S/C17H20N2O5/c20-14-2-1-8-19(14)13-5-3-12(4-6-13)16(23)18-17(10-15(21)22)7-9-24-11-17/h3-6H,1-2,7-11H2,(H,18,23)(H,21,22). The van der Waals surface area contributed by atoms with Crippen molar-refractivity contribution in [2.45, 2.75) is 31.2 Å². The number of carbonyl (C=O) groups is 3. The number of nitrogens with one attached hydrogen (secondary N) is 1. The Hall–Kier alpha value is -2.41. The van der Waals surface area contributed by atoms with Crippen molar-refractivity contribution in [1.82, 2.24) is 5.32 Å². The first kappa shape index (κ1) is 16.4. The lowest BCUT2D eigenvalue weighted by Crippen LogP contribution is -2.50. The molecule has 2 amide bonds. The maximum Gasteiger partial charge on any atom is 0.305 e. The van der Waals surface area contributed by atoms with Crippen molar-refractivity contribution in [3.8, 4) is 0 Å². The van der Waals surface area contributed by atoms with Gasteiger partial charge < -0.3 is 20.1 Å². The molecule has 7 nitrogen and oxygen atoms in total. The number of amides is 2. The molecule has 1 unspecified atom stereocenters. The number of carboxylic acids is 1. The third kappa shape index (κ3) is 3.41. The molecule has 0 bridgehead atoms. The molecule has 2 aliphatic heterocycles. The topological polar surface area (TPSA) is 95.9 Å². The molecular formula is C17H20N2O5. The van der Waals surface area contributed by atoms with E-state index in [0.717, 1.165) is 12.1 Å². The van der Waals surface area contributed by atoms with E-state index >= 15 is 0 Å². The number of hydrogen-bond donors (Lipinski definition) is 2. The summed E-state index contributed by atoms with van der Waals surface area (Å²) in [4.78, 5) is 37.0. The van der Waals surface area contributed by atoms with Crippen LogP contribution in [0.5, 0.6) is 0 Å². The Labute approximate surface area is 139 Å². The molecule has 0 radical (unpaired) electrons. The van der Waals surface area contributed by atoms with E-state index in [2.05, 4.69) is 5.32 Å². The first-order chi connectivity index (χ1) is 11.5. The monoisotopic (exact) mass is 332 g/mol. The minimum Gasteiger partial charge on any atom is -0.481 e. The maximum atomic E-state index is 12.4. The van der Waals surface area contributed by atoms with E-state index in [9.17, 15) is 14.4 Å². The number of rotatable bonds is 5. The molecule has 2 aliphatic rings. The van der Waals surface area contributed by atoms with E-state index in [0.29, 0.717) is 31.6 Å². The average molecular weight is 332 g/mol. The van der Waals surface area contributed by atoms with Gasteiger partial charge in [0.25, 0.3) is 5.91 Å². The number of aliphatic carboxylic acids is 1. The largest absolute Gasteiger partial charge is 0.481 e. The van der Waals surface area contributed by atoms with Gasteiger partial charge in [-0.25, -0.2) is 0 Å². The fourth-order valence-electron chi connectivity index (χ4n) is 3.21. The van der Waals surface area contributed by atoms with E-state index in [-0.39, 0.29) is 24.8 Å². The summed E-state index contributed by atoms with van der Waals surface area (Å²) in [6, 6.07) is 6.79. The second-order valence-electron chi connectivity index (χ2n) is 6.30. The van der Waals surface area contributed by atoms with E-state index in [4.69, 9.17) is 9.84 Å². The fraction of sp³-hybridized carbons (Fsp3) is 0.471. The molecular weight excluding hydrogens is 312 g/mol. The molecule has 7 heteroatoms. The third-order valence-electron chi connectivity index (χ3n) is 4.49. The summed E-state index contributed by atoms with van der Waals surface area (Å²) in [6.45, 7) is 1.33. The Morgan fingerprint density at radius 1 is 1.29 bits per heavy atom. The van der Waals surface area contributed by atoms with Crippen LogP contribution >= 0.6 is 0 Å². The number of carbonyl (C=O) groups excluding carboxylic acids is 2. The summed E-state index contributed by atoms with van der Waals surface area (Å²) in [6.07, 6.45) is 1.71. The molecule has 24 heavy (non-hydrogen) atoms. The Balaban J connectivity index is 1.70. The van der Waals surface area contributed by atoms with Crippen LogP contribution in [0.3, 0.4) is 0 Å². The predicted octanol–water partition coefficient (Wildman–Crippen LogP) is 1.18. The number of nitrogens with zero attached hydrogens (tertiary/aromatic N) is 1. The lowest BCUT2D eigenvalue weighted by atomic mass is 9.93. The SMILES string of the molecule is O=C(O)CC1(NC(=O)c2ccc(N3CCCC3=O)cc2)CCOC1. The predicted molar refractivity (Wildman–Crippen MR) is 85.9 cm³/mol. The van der Waals surface area contributed by atoms with Gasteiger partial charge in [0.05, 0.1) is 18.6 Å². The van der Waals surface area contributed by atoms with Crippen LogP contribution < -0.4 is 10.2 Å². The second-order valence-corrected chi connectivity index (χ2v) is 6.30. The number of anilines is 1. The summed E-state index contributed by atoms with van der Waals surface area (Å²) >= 11 is 0. The van der Waals surface area contributed by atoms with Gasteiger partial charge in [-0.2, -0.15) is 0 Å². The molecule has 1 atom stereocenters. The Morgan fingerprint density at radius 2 is 2.04 bits per heavy atom. The summed E-state index contributed by atoms with van der Waals surface area (Å²) in [5.41, 5.74) is 0.354. The first-order valence-corrected chi connectivity index (χ1v) is 8.02. The number of benzene rings is 1. The van der Waals surface area contributed by atoms with Gasteiger partial charge in [0, 0.05) is 30.8 Å². The number of carboxylic acid groups (broad SMARTS) is 1. The van der Waals surface area contributed by atoms with Crippen LogP contribution in [0.25, 0.3) is 0 Å². The van der Waals surface area contributed by atoms with Gasteiger partial charge in [-0.3, -0.25) is 14.4 Å². The molecule has 2 N–H and O–H groups in total. The first-order valence-electron chi connectivity index (χ1n) is 8.02. The smallest absolute Gasteiger partial charge is 0.305 e. The summed E-state index contributed by atoms with van der Waals surface area (Å²) < 4.78 is 5.27. The van der Waals surface area contributed by atoms with E-state index in [1.54, 1.807) is 29.2 Å².